The molecule has 2 atom stereocenters. The molecule has 24 heavy (non-hydrogen) atoms. The van der Waals surface area contributed by atoms with Crippen LogP contribution >= 0.6 is 0 Å². The van der Waals surface area contributed by atoms with Gasteiger partial charge in [-0.05, 0) is 31.5 Å². The third-order valence-electron chi connectivity index (χ3n) is 4.60. The van der Waals surface area contributed by atoms with Crippen LogP contribution in [0.15, 0.2) is 48.5 Å². The van der Waals surface area contributed by atoms with E-state index in [0.29, 0.717) is 5.82 Å². The molecule has 1 aliphatic rings. The molecule has 0 saturated carbocycles. The van der Waals surface area contributed by atoms with E-state index >= 15 is 0 Å². The zero-order valence-electron chi connectivity index (χ0n) is 13.6. The van der Waals surface area contributed by atoms with Crippen LogP contribution in [0.25, 0.3) is 22.4 Å². The summed E-state index contributed by atoms with van der Waals surface area (Å²) < 4.78 is 6.99. The van der Waals surface area contributed by atoms with E-state index in [1.165, 1.54) is 0 Å². The summed E-state index contributed by atoms with van der Waals surface area (Å²) >= 11 is 0. The molecule has 4 rings (SSSR count). The maximum Gasteiger partial charge on any atom is 0.318 e. The SMILES string of the molecule is CCOC(=O)[C@H]1c2ccccc2-c2nc3ccccc3n2[C@@]1(C)O. The number of rotatable bonds is 2. The number of imidazole rings is 1. The summed E-state index contributed by atoms with van der Waals surface area (Å²) in [6.45, 7) is 3.67. The third kappa shape index (κ3) is 1.91. The van der Waals surface area contributed by atoms with E-state index in [0.717, 1.165) is 22.2 Å². The van der Waals surface area contributed by atoms with Crippen molar-refractivity contribution in [3.05, 3.63) is 54.1 Å². The van der Waals surface area contributed by atoms with E-state index in [9.17, 15) is 9.90 Å². The van der Waals surface area contributed by atoms with E-state index in [2.05, 4.69) is 4.98 Å². The Balaban J connectivity index is 2.06. The van der Waals surface area contributed by atoms with E-state index in [-0.39, 0.29) is 6.61 Å². The maximum atomic E-state index is 12.6. The summed E-state index contributed by atoms with van der Waals surface area (Å²) in [6.07, 6.45) is 0. The Bertz CT molecular complexity index is 943. The fourth-order valence-corrected chi connectivity index (χ4v) is 3.62. The minimum absolute atomic E-state index is 0.269. The van der Waals surface area contributed by atoms with Crippen LogP contribution in [0.5, 0.6) is 0 Å². The van der Waals surface area contributed by atoms with Crippen LogP contribution in [0.4, 0.5) is 0 Å². The van der Waals surface area contributed by atoms with E-state index < -0.39 is 17.6 Å². The largest absolute Gasteiger partial charge is 0.465 e. The molecule has 5 nitrogen and oxygen atoms in total. The van der Waals surface area contributed by atoms with Gasteiger partial charge in [-0.25, -0.2) is 4.98 Å². The molecule has 122 valence electrons. The third-order valence-corrected chi connectivity index (χ3v) is 4.60. The summed E-state index contributed by atoms with van der Waals surface area (Å²) in [6, 6.07) is 15.2. The van der Waals surface area contributed by atoms with Crippen molar-refractivity contribution in [2.45, 2.75) is 25.5 Å². The fraction of sp³-hybridized carbons (Fsp3) is 0.263. The summed E-state index contributed by atoms with van der Waals surface area (Å²) in [5, 5.41) is 11.3. The van der Waals surface area contributed by atoms with Crippen molar-refractivity contribution >= 4 is 17.0 Å². The zero-order chi connectivity index (χ0) is 16.9. The second-order valence-electron chi connectivity index (χ2n) is 6.13. The normalized spacial score (nSPS) is 22.0. The number of aliphatic hydroxyl groups is 1. The van der Waals surface area contributed by atoms with Crippen LogP contribution in [0, 0.1) is 0 Å². The standard InChI is InChI=1S/C19H18N2O3/c1-3-24-18(22)16-12-8-4-5-9-13(12)17-20-14-10-6-7-11-15(14)21(17)19(16,2)23/h4-11,16,23H,3H2,1-2H3/t16-,19+/m1/s1. The number of hydrogen-bond acceptors (Lipinski definition) is 4. The van der Waals surface area contributed by atoms with Crippen LogP contribution in [0.3, 0.4) is 0 Å². The molecule has 1 aromatic heterocycles. The lowest BCUT2D eigenvalue weighted by atomic mass is 9.82. The molecule has 3 aromatic rings. The average molecular weight is 322 g/mol. The topological polar surface area (TPSA) is 64.3 Å². The van der Waals surface area contributed by atoms with Crippen LogP contribution in [0.2, 0.25) is 0 Å². The Morgan fingerprint density at radius 2 is 1.96 bits per heavy atom. The Morgan fingerprint density at radius 3 is 2.75 bits per heavy atom. The number of hydrogen-bond donors (Lipinski definition) is 1. The molecule has 0 fully saturated rings. The summed E-state index contributed by atoms with van der Waals surface area (Å²) in [5.74, 6) is -0.575. The van der Waals surface area contributed by atoms with Gasteiger partial charge >= 0.3 is 5.97 Å². The molecule has 0 aliphatic carbocycles. The van der Waals surface area contributed by atoms with Gasteiger partial charge in [0.1, 0.15) is 11.7 Å². The number of ether oxygens (including phenoxy) is 1. The molecular formula is C19H18N2O3. The molecule has 0 saturated heterocycles. The second kappa shape index (κ2) is 5.18. The van der Waals surface area contributed by atoms with E-state index in [1.807, 2.05) is 48.5 Å². The minimum Gasteiger partial charge on any atom is -0.465 e. The number of benzene rings is 2. The number of fused-ring (bicyclic) bond motifs is 5. The van der Waals surface area contributed by atoms with Gasteiger partial charge in [0, 0.05) is 5.56 Å². The van der Waals surface area contributed by atoms with Crippen LogP contribution in [-0.2, 0) is 15.3 Å². The van der Waals surface area contributed by atoms with Crippen molar-refractivity contribution in [1.29, 1.82) is 0 Å². The van der Waals surface area contributed by atoms with Gasteiger partial charge in [-0.1, -0.05) is 36.4 Å². The molecule has 1 aliphatic heterocycles. The van der Waals surface area contributed by atoms with E-state index in [1.54, 1.807) is 18.4 Å². The lowest BCUT2D eigenvalue weighted by Gasteiger charge is -2.39. The highest BCUT2D eigenvalue weighted by Crippen LogP contribution is 2.46. The first-order valence-corrected chi connectivity index (χ1v) is 8.02. The van der Waals surface area contributed by atoms with Gasteiger partial charge in [0.25, 0.3) is 0 Å². The Labute approximate surface area is 139 Å². The molecule has 0 amide bonds. The van der Waals surface area contributed by atoms with Crippen molar-refractivity contribution in [1.82, 2.24) is 9.55 Å². The second-order valence-corrected chi connectivity index (χ2v) is 6.13. The monoisotopic (exact) mass is 322 g/mol. The average Bonchev–Trinajstić information content (AvgIpc) is 2.95. The number of aromatic nitrogens is 2. The molecule has 0 radical (unpaired) electrons. The number of carbonyl (C=O) groups excluding carboxylic acids is 1. The molecule has 2 aromatic carbocycles. The van der Waals surface area contributed by atoms with Gasteiger partial charge in [-0.15, -0.1) is 0 Å². The summed E-state index contributed by atoms with van der Waals surface area (Å²) in [7, 11) is 0. The number of para-hydroxylation sites is 2. The fourth-order valence-electron chi connectivity index (χ4n) is 3.62. The van der Waals surface area contributed by atoms with Gasteiger partial charge in [0.15, 0.2) is 5.72 Å². The molecule has 0 bridgehead atoms. The van der Waals surface area contributed by atoms with Crippen LogP contribution < -0.4 is 0 Å². The first-order valence-electron chi connectivity index (χ1n) is 8.02. The first-order chi connectivity index (χ1) is 11.6. The molecule has 5 heteroatoms. The van der Waals surface area contributed by atoms with Gasteiger partial charge in [0.2, 0.25) is 0 Å². The molecular weight excluding hydrogens is 304 g/mol. The number of esters is 1. The Morgan fingerprint density at radius 1 is 1.25 bits per heavy atom. The minimum atomic E-state index is -1.47. The lowest BCUT2D eigenvalue weighted by molar-refractivity contribution is -0.157. The van der Waals surface area contributed by atoms with Crippen molar-refractivity contribution in [3.8, 4) is 11.4 Å². The molecule has 0 spiro atoms. The summed E-state index contributed by atoms with van der Waals surface area (Å²) in [4.78, 5) is 17.3. The number of nitrogens with zero attached hydrogens (tertiary/aromatic N) is 2. The quantitative estimate of drug-likeness (QED) is 0.737. The highest BCUT2D eigenvalue weighted by atomic mass is 16.5. The predicted molar refractivity (Wildman–Crippen MR) is 90.4 cm³/mol. The van der Waals surface area contributed by atoms with Gasteiger partial charge in [-0.2, -0.15) is 0 Å². The predicted octanol–water partition coefficient (Wildman–Crippen LogP) is 3.03. The van der Waals surface area contributed by atoms with Gasteiger partial charge < -0.3 is 9.84 Å². The van der Waals surface area contributed by atoms with E-state index in [4.69, 9.17) is 4.74 Å². The van der Waals surface area contributed by atoms with Crippen LogP contribution in [0.1, 0.15) is 25.3 Å². The van der Waals surface area contributed by atoms with Crippen molar-refractivity contribution < 1.29 is 14.6 Å². The smallest absolute Gasteiger partial charge is 0.318 e. The van der Waals surface area contributed by atoms with Crippen molar-refractivity contribution in [2.24, 2.45) is 0 Å². The molecule has 2 heterocycles. The van der Waals surface area contributed by atoms with Crippen molar-refractivity contribution in [3.63, 3.8) is 0 Å². The molecule has 0 unspecified atom stereocenters. The lowest BCUT2D eigenvalue weighted by Crippen LogP contribution is -2.44. The van der Waals surface area contributed by atoms with Crippen LogP contribution in [-0.4, -0.2) is 27.2 Å². The number of carbonyl (C=O) groups is 1. The maximum absolute atomic E-state index is 12.6. The Kier molecular flexibility index (Phi) is 3.21. The van der Waals surface area contributed by atoms with Crippen molar-refractivity contribution in [2.75, 3.05) is 6.61 Å². The van der Waals surface area contributed by atoms with Gasteiger partial charge in [0.05, 0.1) is 17.6 Å². The van der Waals surface area contributed by atoms with Gasteiger partial charge in [-0.3, -0.25) is 9.36 Å². The zero-order valence-corrected chi connectivity index (χ0v) is 13.6. The first kappa shape index (κ1) is 14.9. The Hall–Kier alpha value is -2.66. The highest BCUT2D eigenvalue weighted by Gasteiger charge is 2.48. The molecule has 1 N–H and O–H groups in total. The summed E-state index contributed by atoms with van der Waals surface area (Å²) in [5.41, 5.74) is 1.70. The highest BCUT2D eigenvalue weighted by molar-refractivity contribution is 5.88.